The zero-order valence-electron chi connectivity index (χ0n) is 13.4. The Hall–Kier alpha value is -1.10. The number of nitrogens with one attached hydrogen (secondary N) is 1. The third-order valence-electron chi connectivity index (χ3n) is 5.66. The SMILES string of the molecule is CCC1(CC)NC(=O)C(C)N(C2CCN(C3CC3)C2)C1=O. The summed E-state index contributed by atoms with van der Waals surface area (Å²) in [5.41, 5.74) is -0.684. The Morgan fingerprint density at radius 3 is 2.38 bits per heavy atom. The van der Waals surface area contributed by atoms with Gasteiger partial charge in [0.25, 0.3) is 0 Å². The van der Waals surface area contributed by atoms with Crippen molar-refractivity contribution in [1.82, 2.24) is 15.1 Å². The third kappa shape index (κ3) is 2.35. The van der Waals surface area contributed by atoms with E-state index in [1.165, 1.54) is 12.8 Å². The van der Waals surface area contributed by atoms with Crippen LogP contribution >= 0.6 is 0 Å². The van der Waals surface area contributed by atoms with Gasteiger partial charge in [-0.1, -0.05) is 13.8 Å². The van der Waals surface area contributed by atoms with Crippen LogP contribution in [0.1, 0.15) is 52.9 Å². The van der Waals surface area contributed by atoms with Crippen LogP contribution in [0.2, 0.25) is 0 Å². The van der Waals surface area contributed by atoms with Crippen LogP contribution in [0, 0.1) is 0 Å². The number of hydrogen-bond acceptors (Lipinski definition) is 3. The summed E-state index contributed by atoms with van der Waals surface area (Å²) >= 11 is 0. The summed E-state index contributed by atoms with van der Waals surface area (Å²) < 4.78 is 0. The lowest BCUT2D eigenvalue weighted by molar-refractivity contribution is -0.157. The molecule has 0 bridgehead atoms. The maximum atomic E-state index is 13.0. The van der Waals surface area contributed by atoms with Gasteiger partial charge < -0.3 is 10.2 Å². The average Bonchev–Trinajstić information content (AvgIpc) is 3.23. The molecule has 3 fully saturated rings. The molecular weight excluding hydrogens is 266 g/mol. The second-order valence-corrected chi connectivity index (χ2v) is 6.84. The molecule has 1 aliphatic carbocycles. The van der Waals surface area contributed by atoms with E-state index >= 15 is 0 Å². The van der Waals surface area contributed by atoms with Crippen molar-refractivity contribution in [1.29, 1.82) is 0 Å². The largest absolute Gasteiger partial charge is 0.340 e. The highest BCUT2D eigenvalue weighted by Gasteiger charge is 2.51. The number of amides is 2. The molecule has 0 spiro atoms. The number of hydrogen-bond donors (Lipinski definition) is 1. The fourth-order valence-electron chi connectivity index (χ4n) is 3.92. The van der Waals surface area contributed by atoms with Crippen LogP contribution in [0.5, 0.6) is 0 Å². The highest BCUT2D eigenvalue weighted by Crippen LogP contribution is 2.34. The molecule has 1 saturated carbocycles. The van der Waals surface area contributed by atoms with E-state index in [9.17, 15) is 9.59 Å². The molecule has 2 saturated heterocycles. The van der Waals surface area contributed by atoms with Gasteiger partial charge in [0.2, 0.25) is 11.8 Å². The van der Waals surface area contributed by atoms with Crippen molar-refractivity contribution < 1.29 is 9.59 Å². The number of nitrogens with zero attached hydrogens (tertiary/aromatic N) is 2. The lowest BCUT2D eigenvalue weighted by Gasteiger charge is -2.47. The van der Waals surface area contributed by atoms with E-state index in [0.717, 1.165) is 25.6 Å². The first-order valence-electron chi connectivity index (χ1n) is 8.41. The maximum absolute atomic E-state index is 13.0. The van der Waals surface area contributed by atoms with Gasteiger partial charge in [0.15, 0.2) is 0 Å². The Morgan fingerprint density at radius 1 is 1.14 bits per heavy atom. The maximum Gasteiger partial charge on any atom is 0.249 e. The summed E-state index contributed by atoms with van der Waals surface area (Å²) in [6.07, 6.45) is 4.92. The van der Waals surface area contributed by atoms with Crippen LogP contribution < -0.4 is 5.32 Å². The average molecular weight is 293 g/mol. The predicted molar refractivity (Wildman–Crippen MR) is 80.8 cm³/mol. The number of carbonyl (C=O) groups excluding carboxylic acids is 2. The van der Waals surface area contributed by atoms with E-state index in [2.05, 4.69) is 10.2 Å². The Morgan fingerprint density at radius 2 is 1.81 bits per heavy atom. The molecule has 2 heterocycles. The number of piperazine rings is 1. The second kappa shape index (κ2) is 5.27. The van der Waals surface area contributed by atoms with E-state index < -0.39 is 5.54 Å². The molecule has 5 heteroatoms. The highest BCUT2D eigenvalue weighted by molar-refractivity contribution is 5.99. The summed E-state index contributed by atoms with van der Waals surface area (Å²) in [5.74, 6) is 0.130. The van der Waals surface area contributed by atoms with Crippen molar-refractivity contribution in [2.45, 2.75) is 76.5 Å². The van der Waals surface area contributed by atoms with Crippen LogP contribution in [0.25, 0.3) is 0 Å². The quantitative estimate of drug-likeness (QED) is 0.845. The molecule has 2 atom stereocenters. The van der Waals surface area contributed by atoms with Crippen molar-refractivity contribution in [2.75, 3.05) is 13.1 Å². The molecule has 21 heavy (non-hydrogen) atoms. The van der Waals surface area contributed by atoms with Crippen LogP contribution in [-0.4, -0.2) is 58.4 Å². The number of rotatable bonds is 4. The van der Waals surface area contributed by atoms with Crippen molar-refractivity contribution in [3.05, 3.63) is 0 Å². The van der Waals surface area contributed by atoms with Gasteiger partial charge in [-0.05, 0) is 39.0 Å². The molecule has 118 valence electrons. The number of carbonyl (C=O) groups is 2. The molecule has 1 N–H and O–H groups in total. The first kappa shape index (κ1) is 14.8. The lowest BCUT2D eigenvalue weighted by atomic mass is 9.86. The first-order valence-corrected chi connectivity index (χ1v) is 8.41. The zero-order valence-corrected chi connectivity index (χ0v) is 13.4. The van der Waals surface area contributed by atoms with Crippen molar-refractivity contribution >= 4 is 11.8 Å². The molecule has 2 amide bonds. The monoisotopic (exact) mass is 293 g/mol. The smallest absolute Gasteiger partial charge is 0.249 e. The van der Waals surface area contributed by atoms with E-state index in [1.807, 2.05) is 25.7 Å². The van der Waals surface area contributed by atoms with E-state index in [4.69, 9.17) is 0 Å². The minimum absolute atomic E-state index is 0.00294. The van der Waals surface area contributed by atoms with Gasteiger partial charge in [0, 0.05) is 25.2 Å². The highest BCUT2D eigenvalue weighted by atomic mass is 16.2. The minimum atomic E-state index is -0.684. The lowest BCUT2D eigenvalue weighted by Crippen LogP contribution is -2.71. The van der Waals surface area contributed by atoms with Crippen LogP contribution in [0.3, 0.4) is 0 Å². The molecule has 0 aromatic heterocycles. The molecule has 0 aromatic carbocycles. The standard InChI is InChI=1S/C16H27N3O2/c1-4-16(5-2)15(21)19(11(3)14(20)17-16)13-8-9-18(10-13)12-6-7-12/h11-13H,4-10H2,1-3H3,(H,17,20). The molecule has 3 rings (SSSR count). The molecule has 2 aliphatic heterocycles. The summed E-state index contributed by atoms with van der Waals surface area (Å²) in [4.78, 5) is 29.8. The Balaban J connectivity index is 1.81. The summed E-state index contributed by atoms with van der Waals surface area (Å²) in [5, 5.41) is 2.98. The van der Waals surface area contributed by atoms with Crippen LogP contribution in [0.15, 0.2) is 0 Å². The van der Waals surface area contributed by atoms with Gasteiger partial charge in [0.05, 0.1) is 0 Å². The second-order valence-electron chi connectivity index (χ2n) is 6.84. The predicted octanol–water partition coefficient (Wildman–Crippen LogP) is 1.13. The molecule has 2 unspecified atom stereocenters. The van der Waals surface area contributed by atoms with Crippen molar-refractivity contribution in [3.8, 4) is 0 Å². The van der Waals surface area contributed by atoms with E-state index in [0.29, 0.717) is 12.8 Å². The van der Waals surface area contributed by atoms with E-state index in [-0.39, 0.29) is 23.9 Å². The fourth-order valence-corrected chi connectivity index (χ4v) is 3.92. The van der Waals surface area contributed by atoms with Gasteiger partial charge in [-0.2, -0.15) is 0 Å². The Labute approximate surface area is 127 Å². The zero-order chi connectivity index (χ0) is 15.2. The van der Waals surface area contributed by atoms with Gasteiger partial charge in [0.1, 0.15) is 11.6 Å². The molecular formula is C16H27N3O2. The molecule has 3 aliphatic rings. The third-order valence-corrected chi connectivity index (χ3v) is 5.66. The van der Waals surface area contributed by atoms with E-state index in [1.54, 1.807) is 0 Å². The van der Waals surface area contributed by atoms with Gasteiger partial charge in [-0.25, -0.2) is 0 Å². The van der Waals surface area contributed by atoms with Gasteiger partial charge in [-0.15, -0.1) is 0 Å². The summed E-state index contributed by atoms with van der Waals surface area (Å²) in [7, 11) is 0. The van der Waals surface area contributed by atoms with Crippen molar-refractivity contribution in [2.24, 2.45) is 0 Å². The molecule has 0 radical (unpaired) electrons. The van der Waals surface area contributed by atoms with Gasteiger partial charge in [-0.3, -0.25) is 14.5 Å². The normalized spacial score (nSPS) is 33.4. The first-order chi connectivity index (χ1) is 10.0. The summed E-state index contributed by atoms with van der Waals surface area (Å²) in [6.45, 7) is 7.85. The number of likely N-dealkylation sites (tertiary alicyclic amines) is 1. The topological polar surface area (TPSA) is 52.7 Å². The van der Waals surface area contributed by atoms with Crippen LogP contribution in [-0.2, 0) is 9.59 Å². The molecule has 0 aromatic rings. The molecule has 5 nitrogen and oxygen atoms in total. The van der Waals surface area contributed by atoms with Crippen LogP contribution in [0.4, 0.5) is 0 Å². The Bertz CT molecular complexity index is 443. The fraction of sp³-hybridized carbons (Fsp3) is 0.875. The van der Waals surface area contributed by atoms with Crippen molar-refractivity contribution in [3.63, 3.8) is 0 Å². The summed E-state index contributed by atoms with van der Waals surface area (Å²) in [6, 6.07) is 0.602. The Kier molecular flexibility index (Phi) is 3.72. The van der Waals surface area contributed by atoms with Gasteiger partial charge >= 0.3 is 0 Å². The minimum Gasteiger partial charge on any atom is -0.340 e.